The van der Waals surface area contributed by atoms with Gasteiger partial charge in [-0.05, 0) is 34.5 Å². The lowest BCUT2D eigenvalue weighted by Gasteiger charge is -2.03. The lowest BCUT2D eigenvalue weighted by Crippen LogP contribution is -1.99. The van der Waals surface area contributed by atoms with E-state index in [4.69, 9.17) is 5.73 Å². The second-order valence-electron chi connectivity index (χ2n) is 3.16. The number of anilines is 1. The van der Waals surface area contributed by atoms with Crippen molar-refractivity contribution in [2.24, 2.45) is 0 Å². The van der Waals surface area contributed by atoms with Crippen LogP contribution in [0.5, 0.6) is 0 Å². The number of nitrogens with two attached hydrogens (primary N) is 1. The highest BCUT2D eigenvalue weighted by atomic mass is 32.2. The highest BCUT2D eigenvalue weighted by Crippen LogP contribution is 2.19. The molecule has 0 aliphatic heterocycles. The molecule has 0 radical (unpaired) electrons. The van der Waals surface area contributed by atoms with Crippen molar-refractivity contribution in [1.82, 2.24) is 0 Å². The van der Waals surface area contributed by atoms with Gasteiger partial charge in [0.25, 0.3) is 0 Å². The van der Waals surface area contributed by atoms with Gasteiger partial charge in [-0.1, -0.05) is 12.1 Å². The summed E-state index contributed by atoms with van der Waals surface area (Å²) < 4.78 is 12.0. The molecule has 2 N–H and O–H groups in total. The molecule has 0 bridgehead atoms. The normalized spacial score (nSPS) is 12.5. The van der Waals surface area contributed by atoms with Crippen LogP contribution in [0.4, 0.5) is 5.69 Å². The van der Waals surface area contributed by atoms with Gasteiger partial charge < -0.3 is 5.73 Å². The maximum absolute atomic E-state index is 12.0. The quantitative estimate of drug-likeness (QED) is 0.834. The maximum atomic E-state index is 12.0. The molecule has 1 heterocycles. The van der Waals surface area contributed by atoms with Crippen LogP contribution in [0.3, 0.4) is 0 Å². The third-order valence-electron chi connectivity index (χ3n) is 2.04. The minimum absolute atomic E-state index is 0.539. The number of rotatable bonds is 3. The van der Waals surface area contributed by atoms with Crippen LogP contribution in [0.15, 0.2) is 46.0 Å². The van der Waals surface area contributed by atoms with Crippen LogP contribution in [0, 0.1) is 0 Å². The van der Waals surface area contributed by atoms with Crippen molar-refractivity contribution in [3.8, 4) is 0 Å². The fourth-order valence-electron chi connectivity index (χ4n) is 1.29. The van der Waals surface area contributed by atoms with E-state index in [2.05, 4.69) is 0 Å². The van der Waals surface area contributed by atoms with Gasteiger partial charge in [0.15, 0.2) is 0 Å². The molecule has 15 heavy (non-hydrogen) atoms. The molecule has 2 nitrogen and oxygen atoms in total. The highest BCUT2D eigenvalue weighted by molar-refractivity contribution is 7.84. The Balaban J connectivity index is 2.19. The van der Waals surface area contributed by atoms with Crippen LogP contribution in [0.2, 0.25) is 0 Å². The van der Waals surface area contributed by atoms with Crippen LogP contribution in [-0.2, 0) is 16.6 Å². The van der Waals surface area contributed by atoms with Gasteiger partial charge >= 0.3 is 0 Å². The third kappa shape index (κ3) is 2.46. The summed E-state index contributed by atoms with van der Waals surface area (Å²) in [6.45, 7) is 0. The average Bonchev–Trinajstić information content (AvgIpc) is 2.71. The van der Waals surface area contributed by atoms with Crippen molar-refractivity contribution in [2.75, 3.05) is 5.73 Å². The Kier molecular flexibility index (Phi) is 3.18. The number of hydrogen-bond donors (Lipinski definition) is 1. The van der Waals surface area contributed by atoms with Crippen molar-refractivity contribution >= 4 is 27.8 Å². The van der Waals surface area contributed by atoms with E-state index in [9.17, 15) is 4.21 Å². The zero-order chi connectivity index (χ0) is 10.7. The van der Waals surface area contributed by atoms with Crippen molar-refractivity contribution in [1.29, 1.82) is 0 Å². The van der Waals surface area contributed by atoms with E-state index in [1.807, 2.05) is 35.0 Å². The van der Waals surface area contributed by atoms with Gasteiger partial charge in [0, 0.05) is 5.69 Å². The summed E-state index contributed by atoms with van der Waals surface area (Å²) in [5.74, 6) is 0.539. The Bertz CT molecular complexity index is 465. The Morgan fingerprint density at radius 3 is 2.73 bits per heavy atom. The summed E-state index contributed by atoms with van der Waals surface area (Å²) in [4.78, 5) is 0.726. The Labute approximate surface area is 95.2 Å². The maximum Gasteiger partial charge on any atom is 0.0620 e. The third-order valence-corrected chi connectivity index (χ3v) is 4.23. The van der Waals surface area contributed by atoms with Crippen LogP contribution >= 0.6 is 11.3 Å². The second-order valence-corrected chi connectivity index (χ2v) is 5.36. The first-order chi connectivity index (χ1) is 7.27. The van der Waals surface area contributed by atoms with Crippen molar-refractivity contribution < 1.29 is 4.21 Å². The molecule has 78 valence electrons. The van der Waals surface area contributed by atoms with Gasteiger partial charge in [-0.15, -0.1) is 0 Å². The Morgan fingerprint density at radius 1 is 1.27 bits per heavy atom. The van der Waals surface area contributed by atoms with Gasteiger partial charge in [0.1, 0.15) is 0 Å². The fourth-order valence-corrected chi connectivity index (χ4v) is 3.26. The predicted molar refractivity (Wildman–Crippen MR) is 65.3 cm³/mol. The zero-order valence-electron chi connectivity index (χ0n) is 8.05. The zero-order valence-corrected chi connectivity index (χ0v) is 9.68. The smallest absolute Gasteiger partial charge is 0.0620 e. The van der Waals surface area contributed by atoms with Crippen LogP contribution in [0.1, 0.15) is 5.56 Å². The number of thiophene rings is 1. The standard InChI is InChI=1S/C11H11NOS2/c12-10-3-1-2-4-11(10)15(13)8-9-5-6-14-7-9/h1-7H,8,12H2. The number of benzene rings is 1. The summed E-state index contributed by atoms with van der Waals surface area (Å²) >= 11 is 1.62. The van der Waals surface area contributed by atoms with E-state index in [1.54, 1.807) is 17.4 Å². The topological polar surface area (TPSA) is 43.1 Å². The van der Waals surface area contributed by atoms with Gasteiger partial charge in [-0.25, -0.2) is 0 Å². The van der Waals surface area contributed by atoms with Gasteiger partial charge in [0.2, 0.25) is 0 Å². The average molecular weight is 237 g/mol. The molecule has 0 aliphatic carbocycles. The molecule has 1 aromatic heterocycles. The van der Waals surface area contributed by atoms with Crippen molar-refractivity contribution in [3.05, 3.63) is 46.7 Å². The first-order valence-electron chi connectivity index (χ1n) is 4.51. The molecule has 1 aromatic carbocycles. The van der Waals surface area contributed by atoms with Crippen LogP contribution in [-0.4, -0.2) is 4.21 Å². The minimum Gasteiger partial charge on any atom is -0.398 e. The molecule has 0 saturated heterocycles. The first kappa shape index (κ1) is 10.4. The molecule has 2 aromatic rings. The molecule has 1 unspecified atom stereocenters. The Morgan fingerprint density at radius 2 is 2.07 bits per heavy atom. The lowest BCUT2D eigenvalue weighted by atomic mass is 10.3. The SMILES string of the molecule is Nc1ccccc1S(=O)Cc1ccsc1. The van der Waals surface area contributed by atoms with Crippen LogP contribution in [0.25, 0.3) is 0 Å². The van der Waals surface area contributed by atoms with Gasteiger partial charge in [-0.2, -0.15) is 11.3 Å². The summed E-state index contributed by atoms with van der Waals surface area (Å²) in [6, 6.07) is 9.29. The van der Waals surface area contributed by atoms with Gasteiger partial charge in [-0.3, -0.25) is 4.21 Å². The molecule has 0 fully saturated rings. The fraction of sp³-hybridized carbons (Fsp3) is 0.0909. The predicted octanol–water partition coefficient (Wildman–Crippen LogP) is 2.64. The summed E-state index contributed by atoms with van der Waals surface area (Å²) in [6.07, 6.45) is 0. The van der Waals surface area contributed by atoms with Crippen molar-refractivity contribution in [2.45, 2.75) is 10.6 Å². The van der Waals surface area contributed by atoms with E-state index in [-0.39, 0.29) is 0 Å². The lowest BCUT2D eigenvalue weighted by molar-refractivity contribution is 0.683. The largest absolute Gasteiger partial charge is 0.398 e. The van der Waals surface area contributed by atoms with E-state index in [0.29, 0.717) is 11.4 Å². The highest BCUT2D eigenvalue weighted by Gasteiger charge is 2.07. The number of para-hydroxylation sites is 1. The summed E-state index contributed by atoms with van der Waals surface area (Å²) in [5, 5.41) is 4.00. The molecular formula is C11H11NOS2. The first-order valence-corrected chi connectivity index (χ1v) is 6.77. The Hall–Kier alpha value is -1.13. The molecule has 0 spiro atoms. The van der Waals surface area contributed by atoms with E-state index >= 15 is 0 Å². The second kappa shape index (κ2) is 4.59. The van der Waals surface area contributed by atoms with Crippen molar-refractivity contribution in [3.63, 3.8) is 0 Å². The minimum atomic E-state index is -1.04. The molecule has 1 atom stereocenters. The van der Waals surface area contributed by atoms with E-state index in [1.165, 1.54) is 0 Å². The molecular weight excluding hydrogens is 226 g/mol. The molecule has 0 saturated carbocycles. The monoisotopic (exact) mass is 237 g/mol. The molecule has 0 aliphatic rings. The number of nitrogen functional groups attached to an aromatic ring is 1. The molecule has 2 rings (SSSR count). The van der Waals surface area contributed by atoms with Crippen LogP contribution < -0.4 is 5.73 Å². The van der Waals surface area contributed by atoms with E-state index < -0.39 is 10.8 Å². The molecule has 4 heteroatoms. The molecule has 0 amide bonds. The number of hydrogen-bond acceptors (Lipinski definition) is 3. The van der Waals surface area contributed by atoms with E-state index in [0.717, 1.165) is 10.5 Å². The summed E-state index contributed by atoms with van der Waals surface area (Å²) in [5.41, 5.74) is 7.46. The van der Waals surface area contributed by atoms with Gasteiger partial charge in [0.05, 0.1) is 21.4 Å². The summed E-state index contributed by atoms with van der Waals surface area (Å²) in [7, 11) is -1.04.